The standard InChI is InChI=1S/C12H11BrFNOS/c1-12(16,11-15-10(13)7-17-11)6-8-4-2-3-5-9(8)14/h2-5,7,16H,6H2,1H3. The van der Waals surface area contributed by atoms with Crippen molar-refractivity contribution in [3.63, 3.8) is 0 Å². The second-order valence-electron chi connectivity index (χ2n) is 4.02. The van der Waals surface area contributed by atoms with Crippen LogP contribution in [0.4, 0.5) is 4.39 Å². The highest BCUT2D eigenvalue weighted by Gasteiger charge is 2.28. The molecule has 2 rings (SSSR count). The number of aliphatic hydroxyl groups is 1. The fourth-order valence-corrected chi connectivity index (χ4v) is 2.90. The lowest BCUT2D eigenvalue weighted by Gasteiger charge is -2.20. The minimum absolute atomic E-state index is 0.208. The Hall–Kier alpha value is -0.780. The molecule has 1 N–H and O–H groups in total. The molecule has 90 valence electrons. The first kappa shape index (κ1) is 12.7. The van der Waals surface area contributed by atoms with Crippen LogP contribution in [0, 0.1) is 5.82 Å². The summed E-state index contributed by atoms with van der Waals surface area (Å²) in [6.45, 7) is 1.64. The van der Waals surface area contributed by atoms with Gasteiger partial charge in [-0.15, -0.1) is 11.3 Å². The van der Waals surface area contributed by atoms with Crippen LogP contribution < -0.4 is 0 Å². The average Bonchev–Trinajstić information content (AvgIpc) is 2.69. The molecular weight excluding hydrogens is 305 g/mol. The predicted molar refractivity (Wildman–Crippen MR) is 69.5 cm³/mol. The maximum Gasteiger partial charge on any atom is 0.126 e. The third-order valence-electron chi connectivity index (χ3n) is 2.43. The molecule has 17 heavy (non-hydrogen) atoms. The van der Waals surface area contributed by atoms with Crippen molar-refractivity contribution in [1.82, 2.24) is 4.98 Å². The van der Waals surface area contributed by atoms with Gasteiger partial charge in [0.1, 0.15) is 21.0 Å². The number of hydrogen-bond acceptors (Lipinski definition) is 3. The van der Waals surface area contributed by atoms with Crippen LogP contribution in [0.15, 0.2) is 34.2 Å². The molecule has 5 heteroatoms. The summed E-state index contributed by atoms with van der Waals surface area (Å²) in [4.78, 5) is 4.17. The van der Waals surface area contributed by atoms with Gasteiger partial charge < -0.3 is 5.11 Å². The molecule has 2 nitrogen and oxygen atoms in total. The molecule has 1 unspecified atom stereocenters. The lowest BCUT2D eigenvalue weighted by atomic mass is 9.97. The normalized spacial score (nSPS) is 14.6. The molecule has 1 atom stereocenters. The van der Waals surface area contributed by atoms with Gasteiger partial charge in [0.15, 0.2) is 0 Å². The lowest BCUT2D eigenvalue weighted by Crippen LogP contribution is -2.24. The Kier molecular flexibility index (Phi) is 3.61. The topological polar surface area (TPSA) is 33.1 Å². The van der Waals surface area contributed by atoms with Gasteiger partial charge >= 0.3 is 0 Å². The van der Waals surface area contributed by atoms with Gasteiger partial charge in [-0.2, -0.15) is 0 Å². The van der Waals surface area contributed by atoms with Crippen LogP contribution in [-0.4, -0.2) is 10.1 Å². The van der Waals surface area contributed by atoms with Crippen molar-refractivity contribution in [1.29, 1.82) is 0 Å². The molecule has 0 aliphatic carbocycles. The van der Waals surface area contributed by atoms with Gasteiger partial charge in [-0.05, 0) is 34.5 Å². The molecule has 0 aliphatic heterocycles. The van der Waals surface area contributed by atoms with Crippen LogP contribution in [0.3, 0.4) is 0 Å². The van der Waals surface area contributed by atoms with Gasteiger partial charge in [0.25, 0.3) is 0 Å². The molecule has 1 aromatic carbocycles. The van der Waals surface area contributed by atoms with E-state index in [0.717, 1.165) is 0 Å². The van der Waals surface area contributed by atoms with Gasteiger partial charge in [0.2, 0.25) is 0 Å². The maximum atomic E-state index is 13.5. The SMILES string of the molecule is CC(O)(Cc1ccccc1F)c1nc(Br)cs1. The molecule has 0 radical (unpaired) electrons. The highest BCUT2D eigenvalue weighted by molar-refractivity contribution is 9.10. The highest BCUT2D eigenvalue weighted by Crippen LogP contribution is 2.30. The van der Waals surface area contributed by atoms with Gasteiger partial charge in [0, 0.05) is 11.8 Å². The summed E-state index contributed by atoms with van der Waals surface area (Å²) in [7, 11) is 0. The predicted octanol–water partition coefficient (Wildman–Crippen LogP) is 3.49. The second kappa shape index (κ2) is 4.84. The van der Waals surface area contributed by atoms with Crippen molar-refractivity contribution < 1.29 is 9.50 Å². The van der Waals surface area contributed by atoms with E-state index < -0.39 is 5.60 Å². The summed E-state index contributed by atoms with van der Waals surface area (Å²) in [5, 5.41) is 12.7. The average molecular weight is 316 g/mol. The number of thiazole rings is 1. The zero-order chi connectivity index (χ0) is 12.5. The molecule has 0 saturated carbocycles. The van der Waals surface area contributed by atoms with Crippen LogP contribution in [0.5, 0.6) is 0 Å². The van der Waals surface area contributed by atoms with Gasteiger partial charge in [-0.25, -0.2) is 9.37 Å². The Morgan fingerprint density at radius 3 is 2.76 bits per heavy atom. The summed E-state index contributed by atoms with van der Waals surface area (Å²) < 4.78 is 14.2. The first-order valence-electron chi connectivity index (χ1n) is 5.06. The van der Waals surface area contributed by atoms with Crippen molar-refractivity contribution in [3.05, 3.63) is 50.6 Å². The number of hydrogen-bond donors (Lipinski definition) is 1. The summed E-state index contributed by atoms with van der Waals surface area (Å²) in [5.74, 6) is -0.302. The Labute approximate surface area is 111 Å². The molecule has 0 aliphatic rings. The summed E-state index contributed by atoms with van der Waals surface area (Å²) >= 11 is 4.59. The van der Waals surface area contributed by atoms with E-state index in [1.807, 2.05) is 0 Å². The van der Waals surface area contributed by atoms with E-state index >= 15 is 0 Å². The van der Waals surface area contributed by atoms with Crippen LogP contribution in [-0.2, 0) is 12.0 Å². The number of halogens is 2. The van der Waals surface area contributed by atoms with E-state index in [0.29, 0.717) is 15.2 Å². The number of nitrogens with zero attached hydrogens (tertiary/aromatic N) is 1. The Bertz CT molecular complexity index is 527. The fraction of sp³-hybridized carbons (Fsp3) is 0.250. The minimum atomic E-state index is -1.15. The molecule has 0 spiro atoms. The zero-order valence-electron chi connectivity index (χ0n) is 9.15. The molecule has 1 aromatic heterocycles. The highest BCUT2D eigenvalue weighted by atomic mass is 79.9. The van der Waals surface area contributed by atoms with Crippen LogP contribution >= 0.6 is 27.3 Å². The first-order valence-corrected chi connectivity index (χ1v) is 6.73. The van der Waals surface area contributed by atoms with E-state index in [2.05, 4.69) is 20.9 Å². The lowest BCUT2D eigenvalue weighted by molar-refractivity contribution is 0.0563. The zero-order valence-corrected chi connectivity index (χ0v) is 11.6. The Balaban J connectivity index is 2.26. The first-order chi connectivity index (χ1) is 7.99. The van der Waals surface area contributed by atoms with Crippen molar-refractivity contribution in [2.75, 3.05) is 0 Å². The largest absolute Gasteiger partial charge is 0.383 e. The quantitative estimate of drug-likeness (QED) is 0.940. The van der Waals surface area contributed by atoms with Crippen molar-refractivity contribution in [2.45, 2.75) is 18.9 Å². The van der Waals surface area contributed by atoms with E-state index in [4.69, 9.17) is 0 Å². The van der Waals surface area contributed by atoms with E-state index in [1.54, 1.807) is 30.5 Å². The van der Waals surface area contributed by atoms with Gasteiger partial charge in [-0.1, -0.05) is 18.2 Å². The smallest absolute Gasteiger partial charge is 0.126 e. The molecule has 1 heterocycles. The molecular formula is C12H11BrFNOS. The van der Waals surface area contributed by atoms with Crippen molar-refractivity contribution in [3.8, 4) is 0 Å². The summed E-state index contributed by atoms with van der Waals surface area (Å²) in [6.07, 6.45) is 0.208. The number of aromatic nitrogens is 1. The molecule has 0 saturated heterocycles. The van der Waals surface area contributed by atoms with E-state index in [1.165, 1.54) is 17.4 Å². The third-order valence-corrected chi connectivity index (χ3v) is 4.23. The third kappa shape index (κ3) is 2.91. The van der Waals surface area contributed by atoms with E-state index in [9.17, 15) is 9.50 Å². The van der Waals surface area contributed by atoms with Crippen molar-refractivity contribution >= 4 is 27.3 Å². The van der Waals surface area contributed by atoms with Crippen LogP contribution in [0.25, 0.3) is 0 Å². The van der Waals surface area contributed by atoms with Gasteiger partial charge in [-0.3, -0.25) is 0 Å². The second-order valence-corrected chi connectivity index (χ2v) is 5.69. The summed E-state index contributed by atoms with van der Waals surface area (Å²) in [6, 6.07) is 6.45. The molecule has 0 amide bonds. The van der Waals surface area contributed by atoms with Gasteiger partial charge in [0.05, 0.1) is 0 Å². The molecule has 0 fully saturated rings. The number of rotatable bonds is 3. The maximum absolute atomic E-state index is 13.5. The monoisotopic (exact) mass is 315 g/mol. The van der Waals surface area contributed by atoms with Crippen LogP contribution in [0.1, 0.15) is 17.5 Å². The Morgan fingerprint density at radius 1 is 1.47 bits per heavy atom. The molecule has 0 bridgehead atoms. The fourth-order valence-electron chi connectivity index (χ4n) is 1.59. The number of benzene rings is 1. The summed E-state index contributed by atoms with van der Waals surface area (Å²) in [5.41, 5.74) is -0.664. The Morgan fingerprint density at radius 2 is 2.18 bits per heavy atom. The van der Waals surface area contributed by atoms with E-state index in [-0.39, 0.29) is 12.2 Å². The molecule has 2 aromatic rings. The van der Waals surface area contributed by atoms with Crippen LogP contribution in [0.2, 0.25) is 0 Å². The minimum Gasteiger partial charge on any atom is -0.383 e. The van der Waals surface area contributed by atoms with Crippen molar-refractivity contribution in [2.24, 2.45) is 0 Å².